The number of benzene rings is 4. The first-order valence-electron chi connectivity index (χ1n) is 31.7. The molecule has 1 fully saturated rings. The van der Waals surface area contributed by atoms with E-state index in [1.807, 2.05) is 60.7 Å². The number of carbonyl (C=O) groups is 7. The Morgan fingerprint density at radius 3 is 2.39 bits per heavy atom. The fourth-order valence-electron chi connectivity index (χ4n) is 12.8. The number of methoxy groups -OCH3 is 1. The van der Waals surface area contributed by atoms with Gasteiger partial charge in [-0.05, 0) is 102 Å². The van der Waals surface area contributed by atoms with E-state index in [1.165, 1.54) is 42.0 Å². The molecule has 2 aromatic heterocycles. The van der Waals surface area contributed by atoms with Crippen LogP contribution >= 0.6 is 0 Å². The predicted octanol–water partition coefficient (Wildman–Crippen LogP) is 4.26. The molecule has 0 spiro atoms. The van der Waals surface area contributed by atoms with Crippen LogP contribution in [0.1, 0.15) is 119 Å². The summed E-state index contributed by atoms with van der Waals surface area (Å²) in [5.74, 6) is -5.30. The van der Waals surface area contributed by atoms with Gasteiger partial charge in [-0.2, -0.15) is 0 Å². The SMILES string of the molecule is CC[C@@]1(O)C(=O)OCc2c1cc1n(c2=O)Cc2c-1nc1cc(F)c(C)c3c1c2C(NC(=O)OCc1ccc(OC2OC(C(=O)O)C(O)C(O)C2O)c(CNC(=O)C(CNC(=O)CCOCCOC)NC(=O)CCCCC(=O)N2Cc4ccccc4/C=C\c4ccccc42)c1)CC3. The second-order valence-electron chi connectivity index (χ2n) is 24.2. The number of aliphatic hydroxyl groups excluding tert-OH is 3. The van der Waals surface area contributed by atoms with Crippen molar-refractivity contribution in [2.75, 3.05) is 38.4 Å². The number of ether oxygens (including phenoxy) is 6. The molecule has 0 bridgehead atoms. The molecule has 1 aliphatic carbocycles. The number of carboxylic acids is 1. The van der Waals surface area contributed by atoms with Crippen molar-refractivity contribution in [2.45, 2.75) is 146 Å². The number of aromatic nitrogens is 2. The summed E-state index contributed by atoms with van der Waals surface area (Å²) in [6.45, 7) is 2.44. The summed E-state index contributed by atoms with van der Waals surface area (Å²) in [5, 5.41) is 65.0. The van der Waals surface area contributed by atoms with E-state index in [4.69, 9.17) is 33.4 Å². The van der Waals surface area contributed by atoms with Crippen LogP contribution in [0.15, 0.2) is 83.7 Å². The maximum absolute atomic E-state index is 15.7. The lowest BCUT2D eigenvalue weighted by atomic mass is 9.81. The highest BCUT2D eigenvalue weighted by molar-refractivity contribution is 5.98. The van der Waals surface area contributed by atoms with Crippen LogP contribution in [0.5, 0.6) is 5.75 Å². The fraction of sp³-hybridized carbons (Fsp3) is 0.406. The number of halogens is 1. The lowest BCUT2D eigenvalue weighted by molar-refractivity contribution is -0.271. The third kappa shape index (κ3) is 14.1. The quantitative estimate of drug-likeness (QED) is 0.0301. The van der Waals surface area contributed by atoms with E-state index in [1.54, 1.807) is 18.7 Å². The molecule has 27 heteroatoms. The van der Waals surface area contributed by atoms with Gasteiger partial charge in [0.05, 0.1) is 67.1 Å². The summed E-state index contributed by atoms with van der Waals surface area (Å²) in [7, 11) is 1.50. The molecule has 5 amide bonds. The number of pyridine rings is 2. The Morgan fingerprint density at radius 1 is 0.844 bits per heavy atom. The molecule has 7 unspecified atom stereocenters. The number of hydrogen-bond donors (Lipinski definition) is 9. The second kappa shape index (κ2) is 29.3. The minimum atomic E-state index is -2.11. The number of amides is 5. The molecule has 6 heterocycles. The minimum absolute atomic E-state index is 0.0232. The maximum Gasteiger partial charge on any atom is 0.407 e. The van der Waals surface area contributed by atoms with Gasteiger partial charge >= 0.3 is 18.0 Å². The van der Waals surface area contributed by atoms with Gasteiger partial charge in [-0.3, -0.25) is 24.0 Å². The summed E-state index contributed by atoms with van der Waals surface area (Å²) < 4.78 is 50.0. The van der Waals surface area contributed by atoms with E-state index >= 15 is 4.39 Å². The van der Waals surface area contributed by atoms with Crippen molar-refractivity contribution < 1.29 is 91.9 Å². The number of alkyl carbamates (subject to hydrolysis) is 1. The molecule has 1 saturated heterocycles. The Kier molecular flexibility index (Phi) is 20.7. The van der Waals surface area contributed by atoms with Gasteiger partial charge in [0.15, 0.2) is 11.7 Å². The molecule has 4 aliphatic heterocycles. The van der Waals surface area contributed by atoms with Gasteiger partial charge in [0.2, 0.25) is 29.9 Å². The number of cyclic esters (lactones) is 1. The van der Waals surface area contributed by atoms with E-state index in [0.29, 0.717) is 53.6 Å². The molecule has 506 valence electrons. The van der Waals surface area contributed by atoms with Crippen LogP contribution in [0.4, 0.5) is 14.9 Å². The smallest absolute Gasteiger partial charge is 0.407 e. The van der Waals surface area contributed by atoms with Crippen molar-refractivity contribution in [1.82, 2.24) is 30.8 Å². The largest absolute Gasteiger partial charge is 0.479 e. The van der Waals surface area contributed by atoms with Crippen LogP contribution in [-0.4, -0.2) is 147 Å². The second-order valence-corrected chi connectivity index (χ2v) is 24.2. The molecule has 8 atom stereocenters. The number of anilines is 1. The topological polar surface area (TPSA) is 362 Å². The number of esters is 1. The first-order valence-corrected chi connectivity index (χ1v) is 31.7. The van der Waals surface area contributed by atoms with Gasteiger partial charge in [-0.1, -0.05) is 67.6 Å². The van der Waals surface area contributed by atoms with E-state index in [-0.39, 0.29) is 116 Å². The number of fused-ring (bicyclic) bond motifs is 7. The molecular weight excluding hydrogens is 1250 g/mol. The standard InChI is InChI=1S/C69H74FN7O19/c1-4-69(90)45-28-51-58-43(33-77(51)64(85)44(45)35-93-67(69)88)57-47(21-20-42-36(2)46(70)29-48(74-58)56(42)57)75-68(89)94-34-37-17-22-52(95-66-61(83)59(81)60(82)62(96-66)65(86)87)41(27-37)30-72-63(84)49(31-71-53(78)23-24-92-26-25-91-3)73-54(79)15-9-10-16-55(80)76-32-40-13-6-5-11-38(40)18-19-39-12-7-8-14-50(39)76/h5-8,11-14,17-19,22,27-29,47,49,59-62,66,81-83,90H,4,9-10,15-16,20-21,23-26,30-35H2,1-3H3,(H,71,78)(H,72,84)(H,73,79)(H,75,89)(H,86,87)/b19-18-/t47?,49?,59?,60?,61?,62?,66?,69-/m0/s1. The van der Waals surface area contributed by atoms with Gasteiger partial charge in [0, 0.05) is 67.6 Å². The van der Waals surface area contributed by atoms with Gasteiger partial charge in [-0.15, -0.1) is 0 Å². The molecular formula is C69H74FN7O19. The van der Waals surface area contributed by atoms with Crippen LogP contribution < -0.4 is 36.5 Å². The number of nitrogens with zero attached hydrogens (tertiary/aromatic N) is 3. The van der Waals surface area contributed by atoms with Gasteiger partial charge in [-0.25, -0.2) is 23.8 Å². The van der Waals surface area contributed by atoms with E-state index < -0.39 is 115 Å². The van der Waals surface area contributed by atoms with Crippen LogP contribution in [-0.2, 0) is 97.3 Å². The van der Waals surface area contributed by atoms with Gasteiger partial charge in [0.1, 0.15) is 49.1 Å². The van der Waals surface area contributed by atoms with Crippen LogP contribution in [0.3, 0.4) is 0 Å². The van der Waals surface area contributed by atoms with Gasteiger partial charge < -0.3 is 84.7 Å². The number of para-hydroxylation sites is 1. The first kappa shape index (κ1) is 67.9. The number of carbonyl (C=O) groups excluding carboxylic acids is 6. The Labute approximate surface area is 549 Å². The summed E-state index contributed by atoms with van der Waals surface area (Å²) in [5.41, 5.74) is 4.45. The number of aliphatic hydroxyl groups is 4. The normalized spacial score (nSPS) is 21.1. The summed E-state index contributed by atoms with van der Waals surface area (Å²) in [6.07, 6.45) is -6.04. The fourth-order valence-corrected chi connectivity index (χ4v) is 12.8. The third-order valence-corrected chi connectivity index (χ3v) is 18.1. The monoisotopic (exact) mass is 1320 g/mol. The van der Waals surface area contributed by atoms with E-state index in [9.17, 15) is 63.9 Å². The third-order valence-electron chi connectivity index (χ3n) is 18.1. The van der Waals surface area contributed by atoms with Crippen molar-refractivity contribution in [1.29, 1.82) is 0 Å². The molecule has 26 nitrogen and oxygen atoms in total. The Hall–Kier alpha value is -9.48. The van der Waals surface area contributed by atoms with E-state index in [2.05, 4.69) is 21.3 Å². The molecule has 11 rings (SSSR count). The first-order chi connectivity index (χ1) is 46.2. The Balaban J connectivity index is 0.806. The predicted molar refractivity (Wildman–Crippen MR) is 341 cm³/mol. The number of aryl methyl sites for hydroxylation is 1. The Bertz CT molecular complexity index is 4140. The van der Waals surface area contributed by atoms with Crippen molar-refractivity contribution >= 4 is 70.4 Å². The van der Waals surface area contributed by atoms with Crippen LogP contribution in [0.2, 0.25) is 0 Å². The van der Waals surface area contributed by atoms with Gasteiger partial charge in [0.25, 0.3) is 5.56 Å². The molecule has 4 aromatic carbocycles. The number of rotatable bonds is 24. The minimum Gasteiger partial charge on any atom is -0.479 e. The van der Waals surface area contributed by atoms with Crippen LogP contribution in [0, 0.1) is 12.7 Å². The molecule has 0 saturated carbocycles. The van der Waals surface area contributed by atoms with Crippen molar-refractivity contribution in [3.05, 3.63) is 156 Å². The van der Waals surface area contributed by atoms with Crippen molar-refractivity contribution in [2.24, 2.45) is 0 Å². The molecule has 9 N–H and O–H groups in total. The summed E-state index contributed by atoms with van der Waals surface area (Å²) in [4.78, 5) is 115. The number of aliphatic carboxylic acids is 1. The van der Waals surface area contributed by atoms with Crippen molar-refractivity contribution in [3.8, 4) is 17.1 Å². The Morgan fingerprint density at radius 2 is 1.60 bits per heavy atom. The lowest BCUT2D eigenvalue weighted by Crippen LogP contribution is -2.61. The highest BCUT2D eigenvalue weighted by Gasteiger charge is 2.49. The maximum atomic E-state index is 15.7. The average Bonchev–Trinajstić information content (AvgIpc) is 1.50. The van der Waals surface area contributed by atoms with E-state index in [0.717, 1.165) is 22.4 Å². The highest BCUT2D eigenvalue weighted by Crippen LogP contribution is 2.46. The zero-order valence-electron chi connectivity index (χ0n) is 52.9. The number of carboxylic acid groups (broad SMARTS) is 1. The number of nitrogens with one attached hydrogen (secondary N) is 4. The molecule has 5 aliphatic rings. The van der Waals surface area contributed by atoms with Crippen molar-refractivity contribution in [3.63, 3.8) is 0 Å². The number of unbranched alkanes of at least 4 members (excludes halogenated alkanes) is 1. The molecule has 6 aromatic rings. The molecule has 0 radical (unpaired) electrons. The zero-order chi connectivity index (χ0) is 68.1. The summed E-state index contributed by atoms with van der Waals surface area (Å²) >= 11 is 0. The highest BCUT2D eigenvalue weighted by atomic mass is 19.1. The zero-order valence-corrected chi connectivity index (χ0v) is 52.9. The number of hydrogen-bond acceptors (Lipinski definition) is 19. The lowest BCUT2D eigenvalue weighted by Gasteiger charge is -2.38. The van der Waals surface area contributed by atoms with Crippen LogP contribution in [0.25, 0.3) is 34.4 Å². The summed E-state index contributed by atoms with van der Waals surface area (Å²) in [6, 6.07) is 20.2. The molecule has 96 heavy (non-hydrogen) atoms. The average molecular weight is 1320 g/mol.